The Morgan fingerprint density at radius 2 is 1.70 bits per heavy atom. The van der Waals surface area contributed by atoms with Gasteiger partial charge in [0.15, 0.2) is 0 Å². The maximum atomic E-state index is 12.9. The van der Waals surface area contributed by atoms with E-state index < -0.39 is 0 Å². The number of esters is 1. The molecule has 0 atom stereocenters. The molecule has 0 unspecified atom stereocenters. The molecule has 1 saturated carbocycles. The van der Waals surface area contributed by atoms with E-state index >= 15 is 0 Å². The molecule has 0 radical (unpaired) electrons. The molecule has 0 bridgehead atoms. The van der Waals surface area contributed by atoms with Crippen molar-refractivity contribution in [3.05, 3.63) is 29.8 Å². The topological polar surface area (TPSA) is 64.6 Å². The van der Waals surface area contributed by atoms with Crippen LogP contribution < -0.4 is 10.1 Å². The second kappa shape index (κ2) is 8.32. The minimum Gasteiger partial charge on any atom is -0.457 e. The first-order valence-corrected chi connectivity index (χ1v) is 9.68. The summed E-state index contributed by atoms with van der Waals surface area (Å²) in [5.74, 6) is -0.283. The van der Waals surface area contributed by atoms with Gasteiger partial charge in [-0.15, -0.1) is 0 Å². The molecule has 5 nitrogen and oxygen atoms in total. The van der Waals surface area contributed by atoms with Gasteiger partial charge in [-0.25, -0.2) is 0 Å². The van der Waals surface area contributed by atoms with Crippen molar-refractivity contribution in [1.82, 2.24) is 5.32 Å². The highest BCUT2D eigenvalue weighted by atomic mass is 16.7. The molecule has 27 heavy (non-hydrogen) atoms. The van der Waals surface area contributed by atoms with Crippen LogP contribution in [0.1, 0.15) is 71.2 Å². The zero-order chi connectivity index (χ0) is 20.2. The number of carbonyl (C=O) groups excluding carboxylic acids is 2. The first-order chi connectivity index (χ1) is 12.5. The SMILES string of the molecule is CC(C)C(=O)OCOc1ccccc1C(=O)NC1CC(C)(C)CC(C)(C)C1. The summed E-state index contributed by atoms with van der Waals surface area (Å²) in [5.41, 5.74) is 0.848. The zero-order valence-electron chi connectivity index (χ0n) is 17.4. The van der Waals surface area contributed by atoms with E-state index in [0.717, 1.165) is 19.3 Å². The van der Waals surface area contributed by atoms with Crippen molar-refractivity contribution < 1.29 is 19.1 Å². The van der Waals surface area contributed by atoms with E-state index in [2.05, 4.69) is 33.0 Å². The maximum Gasteiger partial charge on any atom is 0.311 e. The normalized spacial score (nSPS) is 18.8. The number of hydrogen-bond acceptors (Lipinski definition) is 4. The number of para-hydroxylation sites is 1. The highest BCUT2D eigenvalue weighted by Crippen LogP contribution is 2.45. The lowest BCUT2D eigenvalue weighted by atomic mass is 9.63. The van der Waals surface area contributed by atoms with E-state index in [1.54, 1.807) is 38.1 Å². The molecule has 0 saturated heterocycles. The quantitative estimate of drug-likeness (QED) is 0.585. The predicted molar refractivity (Wildman–Crippen MR) is 106 cm³/mol. The van der Waals surface area contributed by atoms with Crippen LogP contribution in [0.25, 0.3) is 0 Å². The van der Waals surface area contributed by atoms with Gasteiger partial charge in [-0.3, -0.25) is 9.59 Å². The average molecular weight is 376 g/mol. The maximum absolute atomic E-state index is 12.9. The van der Waals surface area contributed by atoms with E-state index in [1.165, 1.54) is 0 Å². The number of amides is 1. The highest BCUT2D eigenvalue weighted by molar-refractivity contribution is 5.97. The minimum absolute atomic E-state index is 0.128. The van der Waals surface area contributed by atoms with Crippen molar-refractivity contribution >= 4 is 11.9 Å². The smallest absolute Gasteiger partial charge is 0.311 e. The number of hydrogen-bond donors (Lipinski definition) is 1. The number of benzene rings is 1. The summed E-state index contributed by atoms with van der Waals surface area (Å²) >= 11 is 0. The fraction of sp³-hybridized carbons (Fsp3) is 0.636. The van der Waals surface area contributed by atoms with E-state index in [9.17, 15) is 9.59 Å². The van der Waals surface area contributed by atoms with Crippen LogP contribution in [0.2, 0.25) is 0 Å². The molecular weight excluding hydrogens is 342 g/mol. The van der Waals surface area contributed by atoms with Crippen LogP contribution in [-0.4, -0.2) is 24.7 Å². The Bertz CT molecular complexity index is 663. The third-order valence-electron chi connectivity index (χ3n) is 4.91. The molecule has 1 aliphatic carbocycles. The van der Waals surface area contributed by atoms with Crippen LogP contribution in [0.4, 0.5) is 0 Å². The van der Waals surface area contributed by atoms with Crippen LogP contribution in [-0.2, 0) is 9.53 Å². The van der Waals surface area contributed by atoms with Gasteiger partial charge in [-0.2, -0.15) is 0 Å². The molecule has 0 heterocycles. The summed E-state index contributed by atoms with van der Waals surface area (Å²) in [6.45, 7) is 12.3. The van der Waals surface area contributed by atoms with Crippen LogP contribution >= 0.6 is 0 Å². The molecule has 0 aliphatic heterocycles. The summed E-state index contributed by atoms with van der Waals surface area (Å²) < 4.78 is 10.6. The van der Waals surface area contributed by atoms with Gasteiger partial charge in [0.2, 0.25) is 6.79 Å². The molecule has 1 aromatic rings. The van der Waals surface area contributed by atoms with Crippen molar-refractivity contribution in [1.29, 1.82) is 0 Å². The highest BCUT2D eigenvalue weighted by Gasteiger charge is 2.39. The fourth-order valence-electron chi connectivity index (χ4n) is 4.31. The Morgan fingerprint density at radius 3 is 2.30 bits per heavy atom. The Hall–Kier alpha value is -2.04. The lowest BCUT2D eigenvalue weighted by Gasteiger charge is -2.45. The predicted octanol–water partition coefficient (Wildman–Crippen LogP) is 4.56. The van der Waals surface area contributed by atoms with Gasteiger partial charge in [-0.05, 0) is 42.2 Å². The average Bonchev–Trinajstić information content (AvgIpc) is 2.51. The molecule has 1 amide bonds. The second-order valence-electron chi connectivity index (χ2n) is 9.46. The standard InChI is InChI=1S/C22H33NO4/c1-15(2)20(25)27-14-26-18-10-8-7-9-17(18)19(24)23-16-11-21(3,4)13-22(5,6)12-16/h7-10,15-16H,11-14H2,1-6H3,(H,23,24). The number of carbonyl (C=O) groups is 2. The van der Waals surface area contributed by atoms with Crippen molar-refractivity contribution in [2.45, 2.75) is 66.8 Å². The Morgan fingerprint density at radius 1 is 1.11 bits per heavy atom. The van der Waals surface area contributed by atoms with Gasteiger partial charge in [0.1, 0.15) is 5.75 Å². The largest absolute Gasteiger partial charge is 0.457 e. The summed E-state index contributed by atoms with van der Waals surface area (Å²) in [6, 6.07) is 7.17. The Labute approximate surface area is 162 Å². The molecular formula is C22H33NO4. The van der Waals surface area contributed by atoms with E-state index in [-0.39, 0.29) is 41.5 Å². The van der Waals surface area contributed by atoms with Gasteiger partial charge < -0.3 is 14.8 Å². The van der Waals surface area contributed by atoms with Gasteiger partial charge in [0.25, 0.3) is 5.91 Å². The van der Waals surface area contributed by atoms with Crippen LogP contribution in [0.3, 0.4) is 0 Å². The molecule has 0 spiro atoms. The third-order valence-corrected chi connectivity index (χ3v) is 4.91. The first kappa shape index (κ1) is 21.3. The summed E-state index contributed by atoms with van der Waals surface area (Å²) in [4.78, 5) is 24.4. The molecule has 1 aliphatic rings. The first-order valence-electron chi connectivity index (χ1n) is 9.68. The van der Waals surface area contributed by atoms with E-state index in [4.69, 9.17) is 9.47 Å². The van der Waals surface area contributed by atoms with Crippen molar-refractivity contribution in [2.75, 3.05) is 6.79 Å². The zero-order valence-corrected chi connectivity index (χ0v) is 17.4. The van der Waals surface area contributed by atoms with Gasteiger partial charge >= 0.3 is 5.97 Å². The fourth-order valence-corrected chi connectivity index (χ4v) is 4.31. The lowest BCUT2D eigenvalue weighted by molar-refractivity contribution is -0.153. The lowest BCUT2D eigenvalue weighted by Crippen LogP contribution is -2.46. The molecule has 5 heteroatoms. The molecule has 0 aromatic heterocycles. The number of ether oxygens (including phenoxy) is 2. The summed E-state index contributed by atoms with van der Waals surface area (Å²) in [6.07, 6.45) is 3.06. The van der Waals surface area contributed by atoms with Gasteiger partial charge in [-0.1, -0.05) is 53.7 Å². The number of rotatable bonds is 6. The van der Waals surface area contributed by atoms with E-state index in [1.807, 2.05) is 0 Å². The Balaban J connectivity index is 2.03. The minimum atomic E-state index is -0.330. The summed E-state index contributed by atoms with van der Waals surface area (Å²) in [5, 5.41) is 3.18. The van der Waals surface area contributed by atoms with Crippen LogP contribution in [0, 0.1) is 16.7 Å². The second-order valence-corrected chi connectivity index (χ2v) is 9.46. The molecule has 1 N–H and O–H groups in total. The van der Waals surface area contributed by atoms with Crippen LogP contribution in [0.15, 0.2) is 24.3 Å². The van der Waals surface area contributed by atoms with Gasteiger partial charge in [0, 0.05) is 6.04 Å². The van der Waals surface area contributed by atoms with Crippen molar-refractivity contribution in [3.8, 4) is 5.75 Å². The molecule has 1 aromatic carbocycles. The van der Waals surface area contributed by atoms with E-state index in [0.29, 0.717) is 11.3 Å². The van der Waals surface area contributed by atoms with Crippen LogP contribution in [0.5, 0.6) is 5.75 Å². The van der Waals surface area contributed by atoms with Gasteiger partial charge in [0.05, 0.1) is 11.5 Å². The third kappa shape index (κ3) is 6.26. The van der Waals surface area contributed by atoms with Crippen molar-refractivity contribution in [3.63, 3.8) is 0 Å². The monoisotopic (exact) mass is 375 g/mol. The summed E-state index contributed by atoms with van der Waals surface area (Å²) in [7, 11) is 0. The molecule has 150 valence electrons. The van der Waals surface area contributed by atoms with Crippen molar-refractivity contribution in [2.24, 2.45) is 16.7 Å². The molecule has 2 rings (SSSR count). The molecule has 1 fully saturated rings. The Kier molecular flexibility index (Phi) is 6.55. The number of nitrogens with one attached hydrogen (secondary N) is 1.